The molecule has 1 fully saturated rings. The first-order valence-electron chi connectivity index (χ1n) is 9.51. The van der Waals surface area contributed by atoms with E-state index in [1.54, 1.807) is 4.90 Å². The van der Waals surface area contributed by atoms with Crippen molar-refractivity contribution in [1.29, 1.82) is 0 Å². The Morgan fingerprint density at radius 3 is 2.33 bits per heavy atom. The molecule has 140 valence electrons. The summed E-state index contributed by atoms with van der Waals surface area (Å²) in [5, 5.41) is 3.14. The Labute approximate surface area is 147 Å². The monoisotopic (exact) mass is 340 g/mol. The molecule has 0 radical (unpaired) electrons. The molecule has 5 heteroatoms. The zero-order chi connectivity index (χ0) is 18.2. The molecule has 1 N–H and O–H groups in total. The number of likely N-dealkylation sites (tertiary alicyclic amines) is 1. The van der Waals surface area contributed by atoms with Gasteiger partial charge in [-0.2, -0.15) is 0 Å². The maximum absolute atomic E-state index is 12.4. The summed E-state index contributed by atoms with van der Waals surface area (Å²) in [6.45, 7) is 11.1. The summed E-state index contributed by atoms with van der Waals surface area (Å²) in [6.07, 6.45) is 7.12. The molecule has 24 heavy (non-hydrogen) atoms. The van der Waals surface area contributed by atoms with Crippen molar-refractivity contribution in [1.82, 2.24) is 10.2 Å². The molecule has 0 aromatic heterocycles. The summed E-state index contributed by atoms with van der Waals surface area (Å²) < 4.78 is 5.39. The molecule has 0 aromatic carbocycles. The number of nitrogens with zero attached hydrogens (tertiary/aromatic N) is 1. The van der Waals surface area contributed by atoms with E-state index in [4.69, 9.17) is 4.74 Å². The molecule has 1 aliphatic heterocycles. The van der Waals surface area contributed by atoms with Crippen molar-refractivity contribution in [2.45, 2.75) is 91.2 Å². The van der Waals surface area contributed by atoms with Crippen LogP contribution >= 0.6 is 0 Å². The highest BCUT2D eigenvalue weighted by molar-refractivity contribution is 5.79. The highest BCUT2D eigenvalue weighted by Gasteiger charge is 2.30. The summed E-state index contributed by atoms with van der Waals surface area (Å²) in [5.74, 6) is 0.156. The van der Waals surface area contributed by atoms with E-state index < -0.39 is 5.60 Å². The normalized spacial score (nSPS) is 17.5. The van der Waals surface area contributed by atoms with Gasteiger partial charge in [-0.15, -0.1) is 0 Å². The quantitative estimate of drug-likeness (QED) is 0.710. The molecule has 0 aromatic rings. The van der Waals surface area contributed by atoms with Gasteiger partial charge in [-0.3, -0.25) is 4.79 Å². The van der Waals surface area contributed by atoms with Gasteiger partial charge in [0.05, 0.1) is 0 Å². The summed E-state index contributed by atoms with van der Waals surface area (Å²) in [5.41, 5.74) is -0.474. The van der Waals surface area contributed by atoms with Crippen LogP contribution in [-0.2, 0) is 9.53 Å². The third-order valence-electron chi connectivity index (χ3n) is 4.40. The van der Waals surface area contributed by atoms with Gasteiger partial charge in [0.2, 0.25) is 5.91 Å². The van der Waals surface area contributed by atoms with Crippen LogP contribution in [0.5, 0.6) is 0 Å². The fraction of sp³-hybridized carbons (Fsp3) is 0.895. The molecule has 0 saturated carbocycles. The van der Waals surface area contributed by atoms with E-state index in [2.05, 4.69) is 19.2 Å². The summed E-state index contributed by atoms with van der Waals surface area (Å²) in [7, 11) is 0. The van der Waals surface area contributed by atoms with Gasteiger partial charge in [-0.05, 0) is 47.0 Å². The van der Waals surface area contributed by atoms with Crippen LogP contribution in [0.2, 0.25) is 0 Å². The maximum Gasteiger partial charge on any atom is 0.410 e. The fourth-order valence-corrected chi connectivity index (χ4v) is 2.96. The average molecular weight is 341 g/mol. The van der Waals surface area contributed by atoms with Gasteiger partial charge < -0.3 is 15.0 Å². The fourth-order valence-electron chi connectivity index (χ4n) is 2.96. The number of carbonyl (C=O) groups excluding carboxylic acids is 2. The van der Waals surface area contributed by atoms with Crippen molar-refractivity contribution in [3.8, 4) is 0 Å². The number of hydrogen-bond acceptors (Lipinski definition) is 3. The number of nitrogens with one attached hydrogen (secondary N) is 1. The second kappa shape index (κ2) is 9.90. The molecule has 1 atom stereocenters. The smallest absolute Gasteiger partial charge is 0.410 e. The predicted molar refractivity (Wildman–Crippen MR) is 96.9 cm³/mol. The number of rotatable bonds is 7. The van der Waals surface area contributed by atoms with E-state index in [0.29, 0.717) is 25.9 Å². The summed E-state index contributed by atoms with van der Waals surface area (Å²) in [6, 6.07) is 0.234. The van der Waals surface area contributed by atoms with Crippen LogP contribution in [0.1, 0.15) is 79.6 Å². The Morgan fingerprint density at radius 2 is 1.79 bits per heavy atom. The maximum atomic E-state index is 12.4. The molecule has 1 heterocycles. The van der Waals surface area contributed by atoms with E-state index in [0.717, 1.165) is 6.42 Å². The van der Waals surface area contributed by atoms with E-state index in [1.807, 2.05) is 20.8 Å². The Bertz CT molecular complexity index is 396. The Morgan fingerprint density at radius 1 is 1.17 bits per heavy atom. The molecule has 0 aliphatic carbocycles. The third-order valence-corrected chi connectivity index (χ3v) is 4.40. The lowest BCUT2D eigenvalue weighted by atomic mass is 9.95. The first kappa shape index (κ1) is 20.8. The van der Waals surface area contributed by atoms with Gasteiger partial charge in [0.15, 0.2) is 0 Å². The van der Waals surface area contributed by atoms with Crippen molar-refractivity contribution in [3.63, 3.8) is 0 Å². The van der Waals surface area contributed by atoms with Crippen molar-refractivity contribution < 1.29 is 14.3 Å². The Balaban J connectivity index is 2.28. The number of ether oxygens (including phenoxy) is 1. The largest absolute Gasteiger partial charge is 0.444 e. The van der Waals surface area contributed by atoms with Crippen LogP contribution in [0.3, 0.4) is 0 Å². The molecular formula is C19H36N2O3. The molecule has 5 nitrogen and oxygen atoms in total. The third kappa shape index (κ3) is 8.02. The van der Waals surface area contributed by atoms with Gasteiger partial charge in [-0.1, -0.05) is 32.6 Å². The minimum atomic E-state index is -0.474. The standard InChI is InChI=1S/C19H36N2O3/c1-6-7-8-9-10-15(2)20-17(22)16-11-13-21(14-12-16)18(23)24-19(3,4)5/h15-16H,6-14H2,1-5H3,(H,20,22)/t15-/m0/s1. The van der Waals surface area contributed by atoms with Gasteiger partial charge in [-0.25, -0.2) is 4.79 Å². The Hall–Kier alpha value is -1.26. The second-order valence-electron chi connectivity index (χ2n) is 8.00. The molecule has 1 saturated heterocycles. The van der Waals surface area contributed by atoms with Crippen LogP contribution < -0.4 is 5.32 Å². The van der Waals surface area contributed by atoms with Gasteiger partial charge >= 0.3 is 6.09 Å². The number of piperidine rings is 1. The highest BCUT2D eigenvalue weighted by Crippen LogP contribution is 2.20. The van der Waals surface area contributed by atoms with E-state index in [1.165, 1.54) is 25.7 Å². The van der Waals surface area contributed by atoms with E-state index in [-0.39, 0.29) is 24.0 Å². The number of hydrogen-bond donors (Lipinski definition) is 1. The topological polar surface area (TPSA) is 58.6 Å². The molecule has 1 rings (SSSR count). The first-order chi connectivity index (χ1) is 11.2. The van der Waals surface area contributed by atoms with Crippen LogP contribution in [0, 0.1) is 5.92 Å². The van der Waals surface area contributed by atoms with Gasteiger partial charge in [0, 0.05) is 25.0 Å². The zero-order valence-electron chi connectivity index (χ0n) is 16.2. The van der Waals surface area contributed by atoms with Gasteiger partial charge in [0.1, 0.15) is 5.60 Å². The lowest BCUT2D eigenvalue weighted by molar-refractivity contribution is -0.127. The van der Waals surface area contributed by atoms with Crippen molar-refractivity contribution in [3.05, 3.63) is 0 Å². The second-order valence-corrected chi connectivity index (χ2v) is 8.00. The lowest BCUT2D eigenvalue weighted by Gasteiger charge is -2.33. The number of amides is 2. The minimum absolute atomic E-state index is 0.0155. The molecule has 1 aliphatic rings. The molecule has 0 bridgehead atoms. The lowest BCUT2D eigenvalue weighted by Crippen LogP contribution is -2.46. The van der Waals surface area contributed by atoms with Crippen LogP contribution in [0.4, 0.5) is 4.79 Å². The summed E-state index contributed by atoms with van der Waals surface area (Å²) >= 11 is 0. The van der Waals surface area contributed by atoms with Crippen LogP contribution in [0.15, 0.2) is 0 Å². The number of carbonyl (C=O) groups is 2. The highest BCUT2D eigenvalue weighted by atomic mass is 16.6. The SMILES string of the molecule is CCCCCC[C@H](C)NC(=O)C1CCN(C(=O)OC(C)(C)C)CC1. The van der Waals surface area contributed by atoms with E-state index >= 15 is 0 Å². The zero-order valence-corrected chi connectivity index (χ0v) is 16.2. The molecular weight excluding hydrogens is 304 g/mol. The van der Waals surface area contributed by atoms with Crippen LogP contribution in [-0.4, -0.2) is 41.6 Å². The first-order valence-corrected chi connectivity index (χ1v) is 9.51. The molecule has 0 spiro atoms. The van der Waals surface area contributed by atoms with Gasteiger partial charge in [0.25, 0.3) is 0 Å². The van der Waals surface area contributed by atoms with Crippen LogP contribution in [0.25, 0.3) is 0 Å². The number of unbranched alkanes of at least 4 members (excludes halogenated alkanes) is 3. The average Bonchev–Trinajstić information content (AvgIpc) is 2.50. The van der Waals surface area contributed by atoms with Crippen molar-refractivity contribution >= 4 is 12.0 Å². The molecule has 0 unspecified atom stereocenters. The summed E-state index contributed by atoms with van der Waals surface area (Å²) in [4.78, 5) is 26.1. The molecule has 2 amide bonds. The van der Waals surface area contributed by atoms with Crippen molar-refractivity contribution in [2.24, 2.45) is 5.92 Å². The van der Waals surface area contributed by atoms with E-state index in [9.17, 15) is 9.59 Å². The minimum Gasteiger partial charge on any atom is -0.444 e. The Kier molecular flexibility index (Phi) is 8.57. The predicted octanol–water partition coefficient (Wildman–Crippen LogP) is 4.11. The van der Waals surface area contributed by atoms with Crippen molar-refractivity contribution in [2.75, 3.05) is 13.1 Å².